The Morgan fingerprint density at radius 2 is 1.43 bits per heavy atom. The number of hydrogen-bond donors (Lipinski definition) is 2. The molecule has 0 radical (unpaired) electrons. The minimum absolute atomic E-state index is 0.0855. The van der Waals surface area contributed by atoms with Crippen molar-refractivity contribution in [3.05, 3.63) is 136 Å². The Morgan fingerprint density at radius 1 is 0.826 bits per heavy atom. The smallest absolute Gasteiger partial charge is 0.257 e. The molecule has 4 unspecified atom stereocenters. The second-order valence-electron chi connectivity index (χ2n) is 11.1. The highest BCUT2D eigenvalue weighted by Gasteiger charge is 2.39. The van der Waals surface area contributed by atoms with Gasteiger partial charge in [0.2, 0.25) is 5.82 Å². The first-order valence-electron chi connectivity index (χ1n) is 14.4. The summed E-state index contributed by atoms with van der Waals surface area (Å²) in [7, 11) is 0. The number of nitrogens with zero attached hydrogens (tertiary/aromatic N) is 2. The Morgan fingerprint density at radius 3 is 2.11 bits per heavy atom. The molecule has 4 atom stereocenters. The number of carbonyl (C=O) groups is 1. The number of carbonyl (C=O) groups excluding carboxylic acids is 1. The van der Waals surface area contributed by atoms with Crippen LogP contribution in [0.4, 0.5) is 22.0 Å². The average Bonchev–Trinajstić information content (AvgIpc) is 3.49. The minimum atomic E-state index is -2.34. The van der Waals surface area contributed by atoms with Gasteiger partial charge in [0, 0.05) is 18.0 Å². The predicted octanol–water partition coefficient (Wildman–Crippen LogP) is 6.65. The van der Waals surface area contributed by atoms with Crippen LogP contribution in [0.2, 0.25) is 0 Å². The van der Waals surface area contributed by atoms with E-state index in [2.05, 4.69) is 10.3 Å². The number of hydrogen-bond acceptors (Lipinski definition) is 5. The summed E-state index contributed by atoms with van der Waals surface area (Å²) in [4.78, 5) is 16.9. The van der Waals surface area contributed by atoms with Crippen LogP contribution in [-0.2, 0) is 29.2 Å². The third kappa shape index (κ3) is 5.98. The first kappa shape index (κ1) is 31.3. The van der Waals surface area contributed by atoms with E-state index in [4.69, 9.17) is 9.47 Å². The molecule has 4 aromatic carbocycles. The molecule has 1 fully saturated rings. The Hall–Kier alpha value is -4.65. The van der Waals surface area contributed by atoms with Crippen LogP contribution >= 0.6 is 0 Å². The van der Waals surface area contributed by atoms with Crippen LogP contribution in [0.3, 0.4) is 0 Å². The highest BCUT2D eigenvalue weighted by Crippen LogP contribution is 2.42. The number of para-hydroxylation sites is 2. The Bertz CT molecular complexity index is 1850. The van der Waals surface area contributed by atoms with Crippen LogP contribution in [-0.4, -0.2) is 26.7 Å². The number of nitrogens with one attached hydrogen (secondary N) is 1. The molecule has 1 amide bonds. The third-order valence-electron chi connectivity index (χ3n) is 8.17. The Kier molecular flexibility index (Phi) is 8.85. The predicted molar refractivity (Wildman–Crippen MR) is 157 cm³/mol. The van der Waals surface area contributed by atoms with Gasteiger partial charge in [-0.05, 0) is 28.8 Å². The number of fused-ring (bicyclic) bond motifs is 1. The summed E-state index contributed by atoms with van der Waals surface area (Å²) in [5.74, 6) is -12.7. The SMILES string of the molecule is CC1C(Cn2cnc3ccccc32)OC(c2ccc(CNC(=O)c3c(F)c(F)c(F)c(F)c3F)cc2)OC1c1ccc(CO)cc1. The molecule has 1 aromatic heterocycles. The van der Waals surface area contributed by atoms with Gasteiger partial charge in [0.05, 0.1) is 42.7 Å². The van der Waals surface area contributed by atoms with E-state index in [1.54, 1.807) is 30.6 Å². The zero-order valence-corrected chi connectivity index (χ0v) is 24.4. The average molecular weight is 638 g/mol. The van der Waals surface area contributed by atoms with Crippen LogP contribution < -0.4 is 5.32 Å². The van der Waals surface area contributed by atoms with Crippen LogP contribution in [0, 0.1) is 35.0 Å². The molecule has 0 bridgehead atoms. The standard InChI is InChI=1S/C34H28F5N3O4/c1-18-25(15-42-17-41-23-4-2-3-5-24(23)42)45-34(46-32(18)21-10-8-20(16-43)9-11-21)22-12-6-19(7-13-22)14-40-33(44)26-27(35)29(37)31(39)30(38)28(26)36/h2-13,17-18,25,32,34,43H,14-16H2,1H3,(H,40,44). The Labute approximate surface area is 260 Å². The van der Waals surface area contributed by atoms with Gasteiger partial charge in [-0.15, -0.1) is 0 Å². The van der Waals surface area contributed by atoms with Gasteiger partial charge < -0.3 is 24.5 Å². The molecule has 0 spiro atoms. The number of amides is 1. The lowest BCUT2D eigenvalue weighted by Crippen LogP contribution is -2.39. The fraction of sp³-hybridized carbons (Fsp3) is 0.235. The number of imidazole rings is 1. The summed E-state index contributed by atoms with van der Waals surface area (Å²) >= 11 is 0. The van der Waals surface area contributed by atoms with Gasteiger partial charge in [-0.1, -0.05) is 67.6 Å². The lowest BCUT2D eigenvalue weighted by atomic mass is 9.90. The molecular formula is C34H28F5N3O4. The minimum Gasteiger partial charge on any atom is -0.392 e. The number of aromatic nitrogens is 2. The summed E-state index contributed by atoms with van der Waals surface area (Å²) in [6.07, 6.45) is 0.299. The Balaban J connectivity index is 1.21. The van der Waals surface area contributed by atoms with Crippen molar-refractivity contribution in [3.63, 3.8) is 0 Å². The molecule has 2 heterocycles. The third-order valence-corrected chi connectivity index (χ3v) is 8.17. The monoisotopic (exact) mass is 637 g/mol. The van der Waals surface area contributed by atoms with Crippen molar-refractivity contribution in [1.82, 2.24) is 14.9 Å². The van der Waals surface area contributed by atoms with Crippen molar-refractivity contribution in [1.29, 1.82) is 0 Å². The molecular weight excluding hydrogens is 609 g/mol. The molecule has 12 heteroatoms. The number of rotatable bonds is 8. The van der Waals surface area contributed by atoms with Gasteiger partial charge in [-0.25, -0.2) is 26.9 Å². The number of benzene rings is 4. The highest BCUT2D eigenvalue weighted by molar-refractivity contribution is 5.94. The van der Waals surface area contributed by atoms with E-state index in [0.717, 1.165) is 22.2 Å². The van der Waals surface area contributed by atoms with E-state index in [1.165, 1.54) is 0 Å². The van der Waals surface area contributed by atoms with Gasteiger partial charge >= 0.3 is 0 Å². The maximum Gasteiger partial charge on any atom is 0.257 e. The summed E-state index contributed by atoms with van der Waals surface area (Å²) in [5, 5.41) is 11.7. The number of halogens is 5. The van der Waals surface area contributed by atoms with E-state index in [9.17, 15) is 31.9 Å². The van der Waals surface area contributed by atoms with Crippen molar-refractivity contribution < 1.29 is 41.3 Å². The van der Waals surface area contributed by atoms with Gasteiger partial charge in [0.25, 0.3) is 5.91 Å². The van der Waals surface area contributed by atoms with Gasteiger partial charge in [-0.2, -0.15) is 0 Å². The molecule has 0 aliphatic carbocycles. The second-order valence-corrected chi connectivity index (χ2v) is 11.1. The summed E-state index contributed by atoms with van der Waals surface area (Å²) in [5.41, 5.74) is 3.08. The highest BCUT2D eigenvalue weighted by atomic mass is 19.2. The molecule has 1 aliphatic rings. The number of aliphatic hydroxyl groups excluding tert-OH is 1. The zero-order valence-electron chi connectivity index (χ0n) is 24.4. The van der Waals surface area contributed by atoms with Crippen molar-refractivity contribution in [2.24, 2.45) is 5.92 Å². The van der Waals surface area contributed by atoms with Crippen molar-refractivity contribution >= 4 is 16.9 Å². The fourth-order valence-corrected chi connectivity index (χ4v) is 5.55. The summed E-state index contributed by atoms with van der Waals surface area (Å²) in [6.45, 7) is 2.20. The normalized spacial score (nSPS) is 19.8. The van der Waals surface area contributed by atoms with Crippen LogP contribution in [0.15, 0.2) is 79.1 Å². The molecule has 1 aliphatic heterocycles. The molecule has 238 valence electrons. The fourth-order valence-electron chi connectivity index (χ4n) is 5.55. The van der Waals surface area contributed by atoms with E-state index in [1.807, 2.05) is 60.0 Å². The lowest BCUT2D eigenvalue weighted by molar-refractivity contribution is -0.276. The molecule has 46 heavy (non-hydrogen) atoms. The van der Waals surface area contributed by atoms with Crippen LogP contribution in [0.5, 0.6) is 0 Å². The topological polar surface area (TPSA) is 85.6 Å². The second kappa shape index (κ2) is 13.0. The van der Waals surface area contributed by atoms with Crippen molar-refractivity contribution in [2.45, 2.75) is 45.1 Å². The first-order chi connectivity index (χ1) is 22.2. The summed E-state index contributed by atoms with van der Waals surface area (Å²) < 4.78 is 83.6. The van der Waals surface area contributed by atoms with Gasteiger partial charge in [-0.3, -0.25) is 4.79 Å². The maximum absolute atomic E-state index is 14.1. The van der Waals surface area contributed by atoms with E-state index < -0.39 is 46.8 Å². The van der Waals surface area contributed by atoms with Gasteiger partial charge in [0.1, 0.15) is 5.56 Å². The molecule has 2 N–H and O–H groups in total. The van der Waals surface area contributed by atoms with Crippen LogP contribution in [0.25, 0.3) is 11.0 Å². The summed E-state index contributed by atoms with van der Waals surface area (Å²) in [6, 6.07) is 21.9. The van der Waals surface area contributed by atoms with Crippen molar-refractivity contribution in [3.8, 4) is 0 Å². The molecule has 7 nitrogen and oxygen atoms in total. The van der Waals surface area contributed by atoms with Crippen LogP contribution in [0.1, 0.15) is 51.9 Å². The largest absolute Gasteiger partial charge is 0.392 e. The molecule has 0 saturated carbocycles. The van der Waals surface area contributed by atoms with Gasteiger partial charge in [0.15, 0.2) is 29.6 Å². The van der Waals surface area contributed by atoms with E-state index in [-0.39, 0.29) is 31.3 Å². The zero-order chi connectivity index (χ0) is 32.5. The molecule has 5 aromatic rings. The maximum atomic E-state index is 14.1. The quantitative estimate of drug-likeness (QED) is 0.113. The van der Waals surface area contributed by atoms with E-state index in [0.29, 0.717) is 17.7 Å². The lowest BCUT2D eigenvalue weighted by Gasteiger charge is -2.41. The first-order valence-corrected chi connectivity index (χ1v) is 14.4. The van der Waals surface area contributed by atoms with E-state index >= 15 is 0 Å². The van der Waals surface area contributed by atoms with Crippen molar-refractivity contribution in [2.75, 3.05) is 0 Å². The number of ether oxygens (including phenoxy) is 2. The molecule has 1 saturated heterocycles. The number of aliphatic hydroxyl groups is 1. The molecule has 6 rings (SSSR count).